The van der Waals surface area contributed by atoms with Gasteiger partial charge in [0.1, 0.15) is 11.6 Å². The van der Waals surface area contributed by atoms with Crippen LogP contribution in [0.2, 0.25) is 0 Å². The summed E-state index contributed by atoms with van der Waals surface area (Å²) in [7, 11) is 3.80. The summed E-state index contributed by atoms with van der Waals surface area (Å²) in [5, 5.41) is 4.78. The molecular formula is C32H62CuN7O5-. The zero-order valence-electron chi connectivity index (χ0n) is 29.3. The number of ketones is 2. The van der Waals surface area contributed by atoms with Crippen LogP contribution in [-0.4, -0.2) is 154 Å². The van der Waals surface area contributed by atoms with Crippen molar-refractivity contribution in [1.29, 1.82) is 0 Å². The minimum atomic E-state index is -0.293. The van der Waals surface area contributed by atoms with Crippen LogP contribution >= 0.6 is 0 Å². The Morgan fingerprint density at radius 2 is 1.38 bits per heavy atom. The maximum Gasteiger partial charge on any atom is 0.234 e. The van der Waals surface area contributed by atoms with E-state index in [0.717, 1.165) is 13.1 Å². The average Bonchev–Trinajstić information content (AvgIpc) is 2.93. The molecule has 45 heavy (non-hydrogen) atoms. The molecule has 2 amide bonds. The van der Waals surface area contributed by atoms with E-state index in [1.54, 1.807) is 11.4 Å². The first kappa shape index (κ1) is 43.6. The van der Waals surface area contributed by atoms with E-state index in [9.17, 15) is 19.2 Å². The average molecular weight is 688 g/mol. The van der Waals surface area contributed by atoms with Gasteiger partial charge in [-0.3, -0.25) is 30.1 Å². The fourth-order valence-corrected chi connectivity index (χ4v) is 4.77. The first-order chi connectivity index (χ1) is 20.6. The van der Waals surface area contributed by atoms with E-state index in [1.807, 2.05) is 56.5 Å². The van der Waals surface area contributed by atoms with Gasteiger partial charge in [-0.25, -0.2) is 5.01 Å². The summed E-state index contributed by atoms with van der Waals surface area (Å²) in [6.07, 6.45) is 2.79. The Morgan fingerprint density at radius 1 is 0.822 bits per heavy atom. The number of amides is 2. The summed E-state index contributed by atoms with van der Waals surface area (Å²) in [6.45, 7) is 20.2. The van der Waals surface area contributed by atoms with Gasteiger partial charge in [0, 0.05) is 74.7 Å². The van der Waals surface area contributed by atoms with Crippen LogP contribution in [0.4, 0.5) is 0 Å². The predicted molar refractivity (Wildman–Crippen MR) is 175 cm³/mol. The molecule has 0 aromatic carbocycles. The Balaban J connectivity index is 0.0000194. The third kappa shape index (κ3) is 20.4. The van der Waals surface area contributed by atoms with Crippen molar-refractivity contribution >= 4 is 23.4 Å². The van der Waals surface area contributed by atoms with Crippen molar-refractivity contribution in [3.63, 3.8) is 0 Å². The molecule has 1 saturated heterocycles. The number of nitrogens with zero attached hydrogens (tertiary/aromatic N) is 5. The molecule has 1 aliphatic rings. The number of carbonyl (C=O) groups excluding carboxylic acids is 4. The number of piperazine rings is 1. The van der Waals surface area contributed by atoms with Gasteiger partial charge in [0.15, 0.2) is 0 Å². The Morgan fingerprint density at radius 3 is 1.93 bits per heavy atom. The number of rotatable bonds is 23. The normalized spacial score (nSPS) is 14.6. The van der Waals surface area contributed by atoms with Crippen LogP contribution in [0.3, 0.4) is 0 Å². The zero-order chi connectivity index (χ0) is 33.3. The molecule has 1 heterocycles. The second-order valence-corrected chi connectivity index (χ2v) is 13.9. The maximum absolute atomic E-state index is 12.7. The van der Waals surface area contributed by atoms with Gasteiger partial charge in [-0.2, -0.15) is 0 Å². The van der Waals surface area contributed by atoms with Gasteiger partial charge in [0.05, 0.1) is 32.8 Å². The molecule has 267 valence electrons. The van der Waals surface area contributed by atoms with Crippen molar-refractivity contribution in [1.82, 2.24) is 29.9 Å². The van der Waals surface area contributed by atoms with Gasteiger partial charge >= 0.3 is 0 Å². The van der Waals surface area contributed by atoms with Gasteiger partial charge in [0.25, 0.3) is 0 Å². The second-order valence-electron chi connectivity index (χ2n) is 13.9. The number of nitrogens with one attached hydrogen (secondary N) is 1. The van der Waals surface area contributed by atoms with E-state index in [0.29, 0.717) is 85.0 Å². The molecular weight excluding hydrogens is 626 g/mol. The fraction of sp³-hybridized carbons (Fsp3) is 0.844. The van der Waals surface area contributed by atoms with E-state index in [-0.39, 0.29) is 64.2 Å². The van der Waals surface area contributed by atoms with Gasteiger partial charge in [-0.05, 0) is 32.6 Å². The van der Waals surface area contributed by atoms with Crippen LogP contribution < -0.4 is 11.2 Å². The largest absolute Gasteiger partial charge is 0.380 e. The summed E-state index contributed by atoms with van der Waals surface area (Å²) in [5.41, 5.74) is -0.559. The van der Waals surface area contributed by atoms with Crippen molar-refractivity contribution in [2.75, 3.05) is 106 Å². The number of hydrogen-bond acceptors (Lipinski definition) is 10. The molecule has 0 aromatic heterocycles. The fourth-order valence-electron chi connectivity index (χ4n) is 4.77. The zero-order valence-corrected chi connectivity index (χ0v) is 30.2. The molecule has 0 aliphatic carbocycles. The number of carbonyl (C=O) groups is 4. The van der Waals surface area contributed by atoms with E-state index in [4.69, 9.17) is 10.6 Å². The van der Waals surface area contributed by atoms with Crippen molar-refractivity contribution < 1.29 is 41.0 Å². The first-order valence-corrected chi connectivity index (χ1v) is 16.1. The molecule has 0 spiro atoms. The summed E-state index contributed by atoms with van der Waals surface area (Å²) in [4.78, 5) is 57.5. The van der Waals surface area contributed by atoms with E-state index >= 15 is 0 Å². The van der Waals surface area contributed by atoms with Crippen LogP contribution in [0.15, 0.2) is 0 Å². The van der Waals surface area contributed by atoms with Crippen molar-refractivity contribution in [3.8, 4) is 0 Å². The standard InChI is InChI=1S/C32H62N7O5.Cu/c1-9-35(7)21-27(40)12-11-13-28(41)22-36(8)14-15-37(10-2)23-29(42)34-24-32(5,6)26-44-25-31(3,4)20-30(43)38-16-18-39(33)19-17-38;/h11H,9-10,12-26,33H2,1-8H3,(H,34,42);/q-1;. The molecule has 0 saturated carbocycles. The SMILES string of the molecule is CCN(C)CC(=O)C[CH-]CC(=O)CN(C)CCN(CC)CC(=O)NCC(C)(C)COCC(C)(C)CC(=O)N1CCN(N)CC1.[Cu]. The van der Waals surface area contributed by atoms with Gasteiger partial charge in [-0.15, -0.1) is 12.8 Å². The topological polar surface area (TPSA) is 132 Å². The van der Waals surface area contributed by atoms with Gasteiger partial charge in [-0.1, -0.05) is 41.5 Å². The van der Waals surface area contributed by atoms with E-state index < -0.39 is 0 Å². The summed E-state index contributed by atoms with van der Waals surface area (Å²) in [6, 6.07) is 0. The molecule has 1 radical (unpaired) electrons. The van der Waals surface area contributed by atoms with Gasteiger partial charge < -0.3 is 31.0 Å². The number of hydrogen-bond donors (Lipinski definition) is 2. The maximum atomic E-state index is 12.7. The quantitative estimate of drug-likeness (QED) is 0.0908. The molecule has 12 nitrogen and oxygen atoms in total. The third-order valence-electron chi connectivity index (χ3n) is 7.84. The molecule has 0 bridgehead atoms. The minimum Gasteiger partial charge on any atom is -0.380 e. The van der Waals surface area contributed by atoms with Crippen LogP contribution in [0.25, 0.3) is 0 Å². The molecule has 1 fully saturated rings. The Kier molecular flexibility index (Phi) is 21.5. The summed E-state index contributed by atoms with van der Waals surface area (Å²) >= 11 is 0. The number of hydrazine groups is 1. The van der Waals surface area contributed by atoms with Crippen LogP contribution in [0.5, 0.6) is 0 Å². The Bertz CT molecular complexity index is 897. The minimum absolute atomic E-state index is 0. The van der Waals surface area contributed by atoms with E-state index in [1.165, 1.54) is 0 Å². The molecule has 1 rings (SSSR count). The monoisotopic (exact) mass is 687 g/mol. The number of nitrogens with two attached hydrogens (primary N) is 1. The van der Waals surface area contributed by atoms with Crippen molar-refractivity contribution in [3.05, 3.63) is 6.42 Å². The Labute approximate surface area is 283 Å². The smallest absolute Gasteiger partial charge is 0.234 e. The molecule has 1 aliphatic heterocycles. The molecule has 13 heteroatoms. The first-order valence-electron chi connectivity index (χ1n) is 16.1. The number of Topliss-reactive ketones (excluding diaryl/α,β-unsaturated/α-hetero) is 2. The molecule has 0 unspecified atom stereocenters. The number of ether oxygens (including phenoxy) is 1. The molecule has 3 N–H and O–H groups in total. The predicted octanol–water partition coefficient (Wildman–Crippen LogP) is 0.905. The van der Waals surface area contributed by atoms with Crippen LogP contribution in [0.1, 0.15) is 60.8 Å². The summed E-state index contributed by atoms with van der Waals surface area (Å²) in [5.74, 6) is 6.08. The Hall–Kier alpha value is -1.44. The summed E-state index contributed by atoms with van der Waals surface area (Å²) < 4.78 is 6.04. The van der Waals surface area contributed by atoms with Crippen LogP contribution in [0, 0.1) is 17.3 Å². The van der Waals surface area contributed by atoms with Crippen molar-refractivity contribution in [2.45, 2.75) is 60.8 Å². The third-order valence-corrected chi connectivity index (χ3v) is 7.84. The van der Waals surface area contributed by atoms with E-state index in [2.05, 4.69) is 24.1 Å². The van der Waals surface area contributed by atoms with Gasteiger partial charge in [0.2, 0.25) is 11.8 Å². The molecule has 0 atom stereocenters. The second kappa shape index (κ2) is 22.2. The van der Waals surface area contributed by atoms with Crippen molar-refractivity contribution in [2.24, 2.45) is 16.7 Å². The number of likely N-dealkylation sites (N-methyl/N-ethyl adjacent to an activating group) is 3. The van der Waals surface area contributed by atoms with Crippen LogP contribution in [-0.2, 0) is 41.0 Å². The molecule has 0 aromatic rings.